The first kappa shape index (κ1) is 11.3. The van der Waals surface area contributed by atoms with Crippen molar-refractivity contribution in [1.82, 2.24) is 0 Å². The molecule has 0 unspecified atom stereocenters. The molecule has 0 heterocycles. The van der Waals surface area contributed by atoms with E-state index in [9.17, 15) is 0 Å². The maximum atomic E-state index is 5.87. The van der Waals surface area contributed by atoms with Crippen molar-refractivity contribution in [2.75, 3.05) is 13.7 Å². The van der Waals surface area contributed by atoms with Gasteiger partial charge in [0.2, 0.25) is 0 Å². The summed E-state index contributed by atoms with van der Waals surface area (Å²) in [5.74, 6) is 0. The Morgan fingerprint density at radius 1 is 1.31 bits per heavy atom. The van der Waals surface area contributed by atoms with Crippen molar-refractivity contribution in [2.24, 2.45) is 0 Å². The Hall–Kier alpha value is 0.240. The molecule has 0 aliphatic carbocycles. The Morgan fingerprint density at radius 3 is 2.54 bits per heavy atom. The largest absolute Gasteiger partial charge is 0.384 e. The fraction of sp³-hybridized carbons (Fsp3) is 0.333. The fourth-order valence-corrected chi connectivity index (χ4v) is 1.99. The molecule has 0 bridgehead atoms. The summed E-state index contributed by atoms with van der Waals surface area (Å²) in [6, 6.07) is 3.65. The lowest BCUT2D eigenvalue weighted by atomic mass is 10.2. The van der Waals surface area contributed by atoms with E-state index in [2.05, 4.69) is 15.9 Å². The molecule has 13 heavy (non-hydrogen) atoms. The third kappa shape index (κ3) is 3.13. The first-order valence-corrected chi connectivity index (χ1v) is 5.32. The Kier molecular flexibility index (Phi) is 4.53. The lowest BCUT2D eigenvalue weighted by Crippen LogP contribution is -1.95. The smallest absolute Gasteiger partial charge is 0.0603 e. The molecule has 0 saturated carbocycles. The average Bonchev–Trinajstić information content (AvgIpc) is 2.09. The summed E-state index contributed by atoms with van der Waals surface area (Å²) in [6.07, 6.45) is 0.827. The van der Waals surface area contributed by atoms with Crippen LogP contribution in [0.3, 0.4) is 0 Å². The molecule has 0 saturated heterocycles. The second-order valence-electron chi connectivity index (χ2n) is 2.60. The highest BCUT2D eigenvalue weighted by molar-refractivity contribution is 9.10. The van der Waals surface area contributed by atoms with Gasteiger partial charge in [-0.2, -0.15) is 0 Å². The van der Waals surface area contributed by atoms with Crippen molar-refractivity contribution in [1.29, 1.82) is 0 Å². The lowest BCUT2D eigenvalue weighted by Gasteiger charge is -2.05. The van der Waals surface area contributed by atoms with Crippen molar-refractivity contribution in [3.8, 4) is 0 Å². The summed E-state index contributed by atoms with van der Waals surface area (Å²) in [7, 11) is 1.67. The summed E-state index contributed by atoms with van der Waals surface area (Å²) in [5, 5.41) is 1.14. The van der Waals surface area contributed by atoms with Crippen LogP contribution in [0, 0.1) is 0 Å². The molecule has 1 aromatic carbocycles. The highest BCUT2D eigenvalue weighted by Gasteiger charge is 2.04. The molecule has 0 aliphatic rings. The molecule has 0 spiro atoms. The van der Waals surface area contributed by atoms with E-state index in [4.69, 9.17) is 27.9 Å². The van der Waals surface area contributed by atoms with Gasteiger partial charge in [-0.05, 0) is 24.1 Å². The molecule has 0 atom stereocenters. The van der Waals surface area contributed by atoms with E-state index < -0.39 is 0 Å². The van der Waals surface area contributed by atoms with Crippen LogP contribution in [-0.4, -0.2) is 13.7 Å². The number of halogens is 3. The predicted molar refractivity (Wildman–Crippen MR) is 59.7 cm³/mol. The molecule has 0 radical (unpaired) electrons. The Balaban J connectivity index is 2.88. The molecule has 1 rings (SSSR count). The van der Waals surface area contributed by atoms with E-state index in [1.807, 2.05) is 6.07 Å². The van der Waals surface area contributed by atoms with Gasteiger partial charge in [0.05, 0.1) is 16.7 Å². The monoisotopic (exact) mass is 282 g/mol. The standard InChI is InChI=1S/C9H9BrCl2O/c1-13-3-2-6-4-8(11)9(12)5-7(6)10/h4-5H,2-3H2,1H3. The topological polar surface area (TPSA) is 9.23 Å². The molecule has 0 aliphatic heterocycles. The number of hydrogen-bond acceptors (Lipinski definition) is 1. The molecule has 0 aromatic heterocycles. The van der Waals surface area contributed by atoms with Gasteiger partial charge in [0, 0.05) is 11.6 Å². The maximum Gasteiger partial charge on any atom is 0.0603 e. The number of rotatable bonds is 3. The zero-order valence-electron chi connectivity index (χ0n) is 7.11. The third-order valence-electron chi connectivity index (χ3n) is 1.66. The highest BCUT2D eigenvalue weighted by atomic mass is 79.9. The molecular formula is C9H9BrCl2O. The molecule has 72 valence electrons. The van der Waals surface area contributed by atoms with Gasteiger partial charge in [0.1, 0.15) is 0 Å². The minimum absolute atomic E-state index is 0.565. The quantitative estimate of drug-likeness (QED) is 0.764. The van der Waals surface area contributed by atoms with Gasteiger partial charge in [0.15, 0.2) is 0 Å². The second-order valence-corrected chi connectivity index (χ2v) is 4.27. The lowest BCUT2D eigenvalue weighted by molar-refractivity contribution is 0.202. The average molecular weight is 284 g/mol. The molecule has 1 aromatic rings. The van der Waals surface area contributed by atoms with Gasteiger partial charge in [-0.15, -0.1) is 0 Å². The summed E-state index contributed by atoms with van der Waals surface area (Å²) in [6.45, 7) is 0.677. The first-order valence-electron chi connectivity index (χ1n) is 3.77. The van der Waals surface area contributed by atoms with Crippen LogP contribution in [0.5, 0.6) is 0 Å². The summed E-state index contributed by atoms with van der Waals surface area (Å²) >= 11 is 15.1. The molecule has 0 fully saturated rings. The van der Waals surface area contributed by atoms with Gasteiger partial charge >= 0.3 is 0 Å². The van der Waals surface area contributed by atoms with Gasteiger partial charge in [-0.1, -0.05) is 39.1 Å². The van der Waals surface area contributed by atoms with Gasteiger partial charge in [0.25, 0.3) is 0 Å². The second kappa shape index (κ2) is 5.20. The normalized spacial score (nSPS) is 10.5. The van der Waals surface area contributed by atoms with Crippen LogP contribution in [0.25, 0.3) is 0 Å². The van der Waals surface area contributed by atoms with Gasteiger partial charge in [-0.25, -0.2) is 0 Å². The zero-order valence-corrected chi connectivity index (χ0v) is 10.2. The van der Waals surface area contributed by atoms with Gasteiger partial charge in [-0.3, -0.25) is 0 Å². The maximum absolute atomic E-state index is 5.87. The minimum Gasteiger partial charge on any atom is -0.384 e. The van der Waals surface area contributed by atoms with Crippen LogP contribution in [-0.2, 0) is 11.2 Å². The van der Waals surface area contributed by atoms with Crippen molar-refractivity contribution >= 4 is 39.1 Å². The van der Waals surface area contributed by atoms with Crippen molar-refractivity contribution in [3.05, 3.63) is 32.2 Å². The Labute approximate surface area is 96.1 Å². The fourth-order valence-electron chi connectivity index (χ4n) is 0.967. The van der Waals surface area contributed by atoms with Crippen LogP contribution in [0.4, 0.5) is 0 Å². The van der Waals surface area contributed by atoms with E-state index in [0.29, 0.717) is 16.7 Å². The van der Waals surface area contributed by atoms with E-state index >= 15 is 0 Å². The van der Waals surface area contributed by atoms with Crippen LogP contribution in [0.2, 0.25) is 10.0 Å². The number of methoxy groups -OCH3 is 1. The summed E-state index contributed by atoms with van der Waals surface area (Å²) in [4.78, 5) is 0. The number of ether oxygens (including phenoxy) is 1. The van der Waals surface area contributed by atoms with Crippen molar-refractivity contribution in [2.45, 2.75) is 6.42 Å². The third-order valence-corrected chi connectivity index (χ3v) is 3.13. The number of hydrogen-bond donors (Lipinski definition) is 0. The van der Waals surface area contributed by atoms with Crippen molar-refractivity contribution < 1.29 is 4.74 Å². The molecule has 4 heteroatoms. The zero-order chi connectivity index (χ0) is 9.84. The van der Waals surface area contributed by atoms with E-state index in [0.717, 1.165) is 16.5 Å². The Bertz CT molecular complexity index is 302. The SMILES string of the molecule is COCCc1cc(Cl)c(Cl)cc1Br. The summed E-state index contributed by atoms with van der Waals surface area (Å²) < 4.78 is 5.95. The van der Waals surface area contributed by atoms with E-state index in [1.165, 1.54) is 0 Å². The van der Waals surface area contributed by atoms with Crippen LogP contribution in [0.1, 0.15) is 5.56 Å². The molecule has 0 N–H and O–H groups in total. The van der Waals surface area contributed by atoms with Gasteiger partial charge < -0.3 is 4.74 Å². The van der Waals surface area contributed by atoms with Crippen LogP contribution < -0.4 is 0 Å². The summed E-state index contributed by atoms with van der Waals surface area (Å²) in [5.41, 5.74) is 1.11. The molecular weight excluding hydrogens is 275 g/mol. The molecule has 1 nitrogen and oxygen atoms in total. The van der Waals surface area contributed by atoms with Crippen LogP contribution >= 0.6 is 39.1 Å². The first-order chi connectivity index (χ1) is 6.15. The Morgan fingerprint density at radius 2 is 1.92 bits per heavy atom. The molecule has 0 amide bonds. The minimum atomic E-state index is 0.565. The van der Waals surface area contributed by atoms with E-state index in [-0.39, 0.29) is 0 Å². The van der Waals surface area contributed by atoms with Crippen molar-refractivity contribution in [3.63, 3.8) is 0 Å². The van der Waals surface area contributed by atoms with Crippen LogP contribution in [0.15, 0.2) is 16.6 Å². The number of benzene rings is 1. The van der Waals surface area contributed by atoms with E-state index in [1.54, 1.807) is 13.2 Å². The predicted octanol–water partition coefficient (Wildman–Crippen LogP) is 3.94. The highest BCUT2D eigenvalue weighted by Crippen LogP contribution is 2.29.